The predicted molar refractivity (Wildman–Crippen MR) is 129 cm³/mol. The highest BCUT2D eigenvalue weighted by Gasteiger charge is 2.27. The van der Waals surface area contributed by atoms with Gasteiger partial charge in [0.05, 0.1) is 23.6 Å². The highest BCUT2D eigenvalue weighted by molar-refractivity contribution is 6.35. The Morgan fingerprint density at radius 2 is 2.09 bits per heavy atom. The number of fused-ring (bicyclic) bond motifs is 1. The standard InChI is InChI=1S/C24H31ClN6O3/c1-16-11-29(14-21(26)32)7-8-30(16)15-22-27-24(28-34-22)19-13-31(12-17-5-9-33-10-6-17)23-18(19)3-2-4-20(23)25/h2-4,13,16-17H,5-12,14-15H2,1H3,(H2,26,32). The van der Waals surface area contributed by atoms with Crippen molar-refractivity contribution in [3.63, 3.8) is 0 Å². The second-order valence-corrected chi connectivity index (χ2v) is 9.83. The molecular weight excluding hydrogens is 456 g/mol. The summed E-state index contributed by atoms with van der Waals surface area (Å²) in [7, 11) is 0. The fourth-order valence-corrected chi connectivity index (χ4v) is 5.40. The summed E-state index contributed by atoms with van der Waals surface area (Å²) in [5.41, 5.74) is 7.28. The lowest BCUT2D eigenvalue weighted by Gasteiger charge is -2.38. The molecule has 0 aliphatic carbocycles. The molecule has 2 fully saturated rings. The van der Waals surface area contributed by atoms with E-state index < -0.39 is 0 Å². The molecule has 2 aliphatic heterocycles. The van der Waals surface area contributed by atoms with Gasteiger partial charge in [0.25, 0.3) is 0 Å². The van der Waals surface area contributed by atoms with Crippen LogP contribution in [-0.4, -0.2) is 75.8 Å². The first-order valence-electron chi connectivity index (χ1n) is 11.9. The molecule has 2 saturated heterocycles. The number of amides is 1. The zero-order valence-corrected chi connectivity index (χ0v) is 20.2. The maximum absolute atomic E-state index is 11.2. The number of carbonyl (C=O) groups excluding carboxylic acids is 1. The Balaban J connectivity index is 1.34. The van der Waals surface area contributed by atoms with Gasteiger partial charge in [-0.25, -0.2) is 0 Å². The predicted octanol–water partition coefficient (Wildman–Crippen LogP) is 2.76. The van der Waals surface area contributed by atoms with Gasteiger partial charge in [0.15, 0.2) is 0 Å². The van der Waals surface area contributed by atoms with E-state index in [1.54, 1.807) is 0 Å². The maximum atomic E-state index is 11.2. The van der Waals surface area contributed by atoms with Crippen LogP contribution in [0, 0.1) is 5.92 Å². The summed E-state index contributed by atoms with van der Waals surface area (Å²) in [4.78, 5) is 20.3. The first-order chi connectivity index (χ1) is 16.5. The maximum Gasteiger partial charge on any atom is 0.241 e. The number of halogens is 1. The minimum atomic E-state index is -0.293. The summed E-state index contributed by atoms with van der Waals surface area (Å²) in [5, 5.41) is 6.06. The van der Waals surface area contributed by atoms with E-state index >= 15 is 0 Å². The summed E-state index contributed by atoms with van der Waals surface area (Å²) in [6, 6.07) is 6.20. The topological polar surface area (TPSA) is 103 Å². The number of nitrogens with two attached hydrogens (primary N) is 1. The van der Waals surface area contributed by atoms with Crippen molar-refractivity contribution in [1.82, 2.24) is 24.5 Å². The molecule has 3 aromatic rings. The summed E-state index contributed by atoms with van der Waals surface area (Å²) in [6.07, 6.45) is 4.21. The minimum absolute atomic E-state index is 0.253. The fraction of sp³-hybridized carbons (Fsp3) is 0.542. The highest BCUT2D eigenvalue weighted by atomic mass is 35.5. The van der Waals surface area contributed by atoms with Crippen LogP contribution in [0.5, 0.6) is 0 Å². The summed E-state index contributed by atoms with van der Waals surface area (Å²) >= 11 is 6.62. The quantitative estimate of drug-likeness (QED) is 0.547. The van der Waals surface area contributed by atoms with Crippen molar-refractivity contribution < 1.29 is 14.1 Å². The van der Waals surface area contributed by atoms with Crippen LogP contribution in [0.25, 0.3) is 22.3 Å². The first-order valence-corrected chi connectivity index (χ1v) is 12.3. The van der Waals surface area contributed by atoms with Crippen molar-refractivity contribution in [2.24, 2.45) is 11.7 Å². The van der Waals surface area contributed by atoms with Crippen LogP contribution in [0.15, 0.2) is 28.9 Å². The number of benzene rings is 1. The van der Waals surface area contributed by atoms with E-state index in [4.69, 9.17) is 31.6 Å². The van der Waals surface area contributed by atoms with E-state index in [9.17, 15) is 4.79 Å². The van der Waals surface area contributed by atoms with Crippen LogP contribution in [0.2, 0.25) is 5.02 Å². The van der Waals surface area contributed by atoms with Crippen LogP contribution in [0.1, 0.15) is 25.7 Å². The molecule has 2 aromatic heterocycles. The monoisotopic (exact) mass is 486 g/mol. The number of hydrogen-bond donors (Lipinski definition) is 1. The smallest absolute Gasteiger partial charge is 0.241 e. The SMILES string of the molecule is CC1CN(CC(N)=O)CCN1Cc1nc(-c2cn(CC3CCOCC3)c3c(Cl)cccc23)no1. The molecule has 182 valence electrons. The minimum Gasteiger partial charge on any atom is -0.381 e. The van der Waals surface area contributed by atoms with Gasteiger partial charge in [-0.1, -0.05) is 28.9 Å². The summed E-state index contributed by atoms with van der Waals surface area (Å²) in [6.45, 7) is 7.89. The Morgan fingerprint density at radius 1 is 1.26 bits per heavy atom. The third kappa shape index (κ3) is 4.98. The molecule has 4 heterocycles. The number of primary amides is 1. The number of carbonyl (C=O) groups is 1. The molecule has 1 atom stereocenters. The van der Waals surface area contributed by atoms with E-state index in [-0.39, 0.29) is 11.9 Å². The van der Waals surface area contributed by atoms with Gasteiger partial charge in [0, 0.05) is 62.6 Å². The molecule has 10 heteroatoms. The van der Waals surface area contributed by atoms with Crippen LogP contribution in [-0.2, 0) is 22.6 Å². The average molecular weight is 487 g/mol. The number of para-hydroxylation sites is 1. The van der Waals surface area contributed by atoms with E-state index in [0.29, 0.717) is 30.7 Å². The Bertz CT molecular complexity index is 1150. The fourth-order valence-electron chi connectivity index (χ4n) is 5.12. The van der Waals surface area contributed by atoms with Crippen molar-refractivity contribution in [3.8, 4) is 11.4 Å². The van der Waals surface area contributed by atoms with Crippen molar-refractivity contribution in [3.05, 3.63) is 35.3 Å². The lowest BCUT2D eigenvalue weighted by molar-refractivity contribution is -0.119. The van der Waals surface area contributed by atoms with Crippen LogP contribution in [0.4, 0.5) is 0 Å². The Hall–Kier alpha value is -2.46. The number of piperazine rings is 1. The number of aromatic nitrogens is 3. The van der Waals surface area contributed by atoms with Crippen LogP contribution >= 0.6 is 11.6 Å². The Morgan fingerprint density at radius 3 is 2.85 bits per heavy atom. The van der Waals surface area contributed by atoms with Crippen molar-refractivity contribution in [2.45, 2.75) is 38.9 Å². The lowest BCUT2D eigenvalue weighted by atomic mass is 10.0. The molecule has 1 amide bonds. The molecule has 0 radical (unpaired) electrons. The van der Waals surface area contributed by atoms with Gasteiger partial charge in [-0.15, -0.1) is 0 Å². The Kier molecular flexibility index (Phi) is 6.87. The second-order valence-electron chi connectivity index (χ2n) is 9.42. The number of nitrogens with zero attached hydrogens (tertiary/aromatic N) is 5. The normalized spacial score (nSPS) is 20.8. The third-order valence-electron chi connectivity index (χ3n) is 6.92. The van der Waals surface area contributed by atoms with Gasteiger partial charge in [-0.3, -0.25) is 14.6 Å². The van der Waals surface area contributed by atoms with Crippen molar-refractivity contribution >= 4 is 28.4 Å². The summed E-state index contributed by atoms with van der Waals surface area (Å²) < 4.78 is 13.4. The van der Waals surface area contributed by atoms with Gasteiger partial charge in [0.2, 0.25) is 17.6 Å². The van der Waals surface area contributed by atoms with E-state index in [2.05, 4.69) is 38.7 Å². The van der Waals surface area contributed by atoms with E-state index in [1.165, 1.54) is 0 Å². The van der Waals surface area contributed by atoms with Crippen LogP contribution in [0.3, 0.4) is 0 Å². The molecule has 0 bridgehead atoms. The number of ether oxygens (including phenoxy) is 1. The van der Waals surface area contributed by atoms with Gasteiger partial charge in [-0.05, 0) is 31.7 Å². The molecule has 2 N–H and O–H groups in total. The number of hydrogen-bond acceptors (Lipinski definition) is 7. The Labute approximate surface area is 203 Å². The first kappa shape index (κ1) is 23.3. The largest absolute Gasteiger partial charge is 0.381 e. The molecule has 1 aromatic carbocycles. The molecule has 0 spiro atoms. The van der Waals surface area contributed by atoms with Crippen molar-refractivity contribution in [2.75, 3.05) is 39.4 Å². The summed E-state index contributed by atoms with van der Waals surface area (Å²) in [5.74, 6) is 1.42. The van der Waals surface area contributed by atoms with Gasteiger partial charge >= 0.3 is 0 Å². The van der Waals surface area contributed by atoms with Gasteiger partial charge < -0.3 is 19.6 Å². The van der Waals surface area contributed by atoms with E-state index in [1.807, 2.05) is 12.1 Å². The van der Waals surface area contributed by atoms with E-state index in [0.717, 1.165) is 73.7 Å². The van der Waals surface area contributed by atoms with Crippen LogP contribution < -0.4 is 5.73 Å². The molecule has 2 aliphatic rings. The van der Waals surface area contributed by atoms with Gasteiger partial charge in [-0.2, -0.15) is 4.98 Å². The lowest BCUT2D eigenvalue weighted by Crippen LogP contribution is -2.53. The third-order valence-corrected chi connectivity index (χ3v) is 7.23. The zero-order valence-electron chi connectivity index (χ0n) is 19.5. The molecule has 5 rings (SSSR count). The molecular formula is C24H31ClN6O3. The molecule has 1 unspecified atom stereocenters. The molecule has 34 heavy (non-hydrogen) atoms. The zero-order chi connectivity index (χ0) is 23.7. The highest BCUT2D eigenvalue weighted by Crippen LogP contribution is 2.34. The average Bonchev–Trinajstić information content (AvgIpc) is 3.41. The molecule has 9 nitrogen and oxygen atoms in total. The van der Waals surface area contributed by atoms with Crippen molar-refractivity contribution in [1.29, 1.82) is 0 Å². The molecule has 0 saturated carbocycles. The van der Waals surface area contributed by atoms with Gasteiger partial charge in [0.1, 0.15) is 0 Å². The second kappa shape index (κ2) is 10.0. The number of rotatable bonds is 7.